The van der Waals surface area contributed by atoms with Gasteiger partial charge in [0.2, 0.25) is 15.0 Å². The van der Waals surface area contributed by atoms with Gasteiger partial charge in [0.05, 0.1) is 34.7 Å². The number of hydrogen-bond acceptors (Lipinski definition) is 16. The Bertz CT molecular complexity index is 1690. The molecule has 0 radical (unpaired) electrons. The molecule has 4 rings (SSSR count). The van der Waals surface area contributed by atoms with Crippen LogP contribution in [-0.4, -0.2) is 40.3 Å². The Morgan fingerprint density at radius 1 is 1.00 bits per heavy atom. The van der Waals surface area contributed by atoms with E-state index in [-0.39, 0.29) is 27.3 Å². The highest BCUT2D eigenvalue weighted by atomic mass is 35.5. The van der Waals surface area contributed by atoms with E-state index < -0.39 is 15.0 Å². The third-order valence-corrected chi connectivity index (χ3v) is 7.52. The van der Waals surface area contributed by atoms with Crippen molar-refractivity contribution in [3.8, 4) is 5.75 Å². The molecule has 3 aromatic carbocycles. The predicted molar refractivity (Wildman–Crippen MR) is 146 cm³/mol. The van der Waals surface area contributed by atoms with Crippen LogP contribution in [0.3, 0.4) is 0 Å². The quantitative estimate of drug-likeness (QED) is 0.0341. The van der Waals surface area contributed by atoms with Crippen LogP contribution in [0.25, 0.3) is 10.8 Å². The minimum Gasteiger partial charge on any atom is -0.505 e. The van der Waals surface area contributed by atoms with Crippen LogP contribution >= 0.6 is 35.7 Å². The maximum absolute atomic E-state index is 12.0. The smallest absolute Gasteiger partial charge is 0.250 e. The van der Waals surface area contributed by atoms with Gasteiger partial charge < -0.3 is 10.4 Å². The van der Waals surface area contributed by atoms with E-state index in [0.717, 1.165) is 18.3 Å². The molecule has 4 aromatic rings. The fraction of sp³-hybridized carbons (Fsp3) is 0.0909. The Labute approximate surface area is 240 Å². The van der Waals surface area contributed by atoms with Crippen molar-refractivity contribution in [3.63, 3.8) is 0 Å². The third kappa shape index (κ3) is 7.15. The first-order valence-corrected chi connectivity index (χ1v) is 14.5. The van der Waals surface area contributed by atoms with Gasteiger partial charge in [-0.3, -0.25) is 0 Å². The Balaban J connectivity index is 1.75. The van der Waals surface area contributed by atoms with Gasteiger partial charge in [0, 0.05) is 27.8 Å². The minimum atomic E-state index is -3.73. The molecule has 0 saturated heterocycles. The predicted octanol–water partition coefficient (Wildman–Crippen LogP) is 6.72. The number of nitrogens with zero attached hydrogens (tertiary/aromatic N) is 4. The molecule has 1 aromatic heterocycles. The van der Waals surface area contributed by atoms with E-state index in [1.54, 1.807) is 55.5 Å². The summed E-state index contributed by atoms with van der Waals surface area (Å²) in [7, 11) is -3.73. The second-order valence-corrected chi connectivity index (χ2v) is 11.6. The summed E-state index contributed by atoms with van der Waals surface area (Å²) in [5.41, 5.74) is 1.21. The van der Waals surface area contributed by atoms with Crippen LogP contribution in [0, 0.1) is 6.92 Å². The van der Waals surface area contributed by atoms with Gasteiger partial charge in [-0.15, -0.1) is 13.8 Å². The van der Waals surface area contributed by atoms with Gasteiger partial charge in [-0.2, -0.15) is 5.11 Å². The summed E-state index contributed by atoms with van der Waals surface area (Å²) in [6.07, 6.45) is 0.968. The summed E-state index contributed by atoms with van der Waals surface area (Å²) in [5, 5.41) is 47.2. The van der Waals surface area contributed by atoms with Crippen LogP contribution in [0.2, 0.25) is 5.15 Å². The number of nitrogens with one attached hydrogen (secondary N) is 1. The van der Waals surface area contributed by atoms with Gasteiger partial charge in [0.25, 0.3) is 0 Å². The van der Waals surface area contributed by atoms with Crippen molar-refractivity contribution in [2.45, 2.75) is 21.9 Å². The summed E-state index contributed by atoms with van der Waals surface area (Å²) in [6, 6.07) is 13.1. The van der Waals surface area contributed by atoms with Gasteiger partial charge >= 0.3 is 0 Å². The normalized spacial score (nSPS) is 11.9. The number of benzene rings is 3. The molecule has 0 unspecified atom stereocenters. The maximum atomic E-state index is 12.0. The number of sulfone groups is 1. The van der Waals surface area contributed by atoms with Crippen molar-refractivity contribution in [3.05, 3.63) is 59.2 Å². The highest BCUT2D eigenvalue weighted by Crippen LogP contribution is 2.45. The van der Waals surface area contributed by atoms with Crippen molar-refractivity contribution in [1.29, 1.82) is 0 Å². The minimum absolute atomic E-state index is 0.0136. The topological polar surface area (TPSA) is 194 Å². The molecule has 40 heavy (non-hydrogen) atoms. The highest BCUT2D eigenvalue weighted by molar-refractivity contribution is 7.95. The lowest BCUT2D eigenvalue weighted by Crippen LogP contribution is -2.08. The second-order valence-electron chi connectivity index (χ2n) is 7.82. The molecule has 0 atom stereocenters. The number of anilines is 2. The standard InChI is InChI=1S/C22H18ClN5O9S3/c1-11-20(23)25-22(40(2,32)33)26-21(11)24-13-7-6-12-8-17(39-37-35-31)18(19(29)16(12)10-13)28-27-14-4-3-5-15(9-14)38-36-34-30/h3-10,29-31H,1-2H3,(H,24,25,26). The number of rotatable bonds is 11. The summed E-state index contributed by atoms with van der Waals surface area (Å²) < 4.78 is 32.9. The number of halogens is 1. The lowest BCUT2D eigenvalue weighted by Gasteiger charge is -2.13. The van der Waals surface area contributed by atoms with Crippen molar-refractivity contribution in [2.75, 3.05) is 11.6 Å². The monoisotopic (exact) mass is 627 g/mol. The summed E-state index contributed by atoms with van der Waals surface area (Å²) in [4.78, 5) is 8.68. The van der Waals surface area contributed by atoms with E-state index in [4.69, 9.17) is 22.1 Å². The molecule has 0 saturated carbocycles. The van der Waals surface area contributed by atoms with E-state index in [2.05, 4.69) is 44.3 Å². The number of hydrogen-bond donors (Lipinski definition) is 4. The molecule has 0 spiro atoms. The molecule has 210 valence electrons. The van der Waals surface area contributed by atoms with Gasteiger partial charge in [-0.05, 0) is 48.7 Å². The van der Waals surface area contributed by atoms with Crippen LogP contribution in [0.1, 0.15) is 5.56 Å². The number of azo groups is 1. The Morgan fingerprint density at radius 2 is 1.75 bits per heavy atom. The van der Waals surface area contributed by atoms with E-state index in [1.165, 1.54) is 0 Å². The molecular formula is C22H18ClN5O9S3. The molecule has 1 heterocycles. The second kappa shape index (κ2) is 13.0. The van der Waals surface area contributed by atoms with Crippen LogP contribution in [0.15, 0.2) is 73.7 Å². The molecule has 0 amide bonds. The summed E-state index contributed by atoms with van der Waals surface area (Å²) in [5.74, 6) is -0.126. The Hall–Kier alpha value is -3.10. The first-order valence-electron chi connectivity index (χ1n) is 10.7. The average Bonchev–Trinajstić information content (AvgIpc) is 2.92. The van der Waals surface area contributed by atoms with Gasteiger partial charge in [0.15, 0.2) is 5.75 Å². The molecular weight excluding hydrogens is 610 g/mol. The number of aromatic nitrogens is 2. The van der Waals surface area contributed by atoms with Crippen molar-refractivity contribution < 1.29 is 42.8 Å². The molecule has 0 aliphatic carbocycles. The molecule has 0 bridgehead atoms. The fourth-order valence-electron chi connectivity index (χ4n) is 3.28. The van der Waals surface area contributed by atoms with E-state index in [0.29, 0.717) is 44.6 Å². The van der Waals surface area contributed by atoms with Crippen LogP contribution in [-0.2, 0) is 28.6 Å². The molecule has 14 nitrogen and oxygen atoms in total. The Morgan fingerprint density at radius 3 is 2.48 bits per heavy atom. The van der Waals surface area contributed by atoms with Gasteiger partial charge in [-0.25, -0.2) is 28.9 Å². The third-order valence-electron chi connectivity index (χ3n) is 5.11. The van der Waals surface area contributed by atoms with Gasteiger partial charge in [0.1, 0.15) is 16.7 Å². The highest BCUT2D eigenvalue weighted by Gasteiger charge is 2.19. The number of aromatic hydroxyl groups is 1. The zero-order chi connectivity index (χ0) is 28.9. The first kappa shape index (κ1) is 29.9. The van der Waals surface area contributed by atoms with Crippen molar-refractivity contribution in [1.82, 2.24) is 9.97 Å². The summed E-state index contributed by atoms with van der Waals surface area (Å²) >= 11 is 7.44. The molecule has 0 aliphatic rings. The number of phenols is 1. The van der Waals surface area contributed by atoms with E-state index in [9.17, 15) is 13.5 Å². The SMILES string of the molecule is Cc1c(Cl)nc(S(C)(=O)=O)nc1Nc1ccc2cc(SOOO)c(N=Nc3cccc(SOOO)c3)c(O)c2c1. The van der Waals surface area contributed by atoms with Crippen LogP contribution in [0.5, 0.6) is 5.75 Å². The molecule has 18 heteroatoms. The molecule has 4 N–H and O–H groups in total. The lowest BCUT2D eigenvalue weighted by atomic mass is 10.1. The van der Waals surface area contributed by atoms with Crippen molar-refractivity contribution in [2.24, 2.45) is 10.2 Å². The fourth-order valence-corrected chi connectivity index (χ4v) is 4.93. The zero-order valence-electron chi connectivity index (χ0n) is 20.3. The van der Waals surface area contributed by atoms with Crippen molar-refractivity contribution >= 4 is 79.2 Å². The first-order chi connectivity index (χ1) is 19.1. The number of phenolic OH excluding ortho intramolecular Hbond substituents is 1. The number of fused-ring (bicyclic) bond motifs is 1. The Kier molecular flexibility index (Phi) is 9.74. The van der Waals surface area contributed by atoms with Crippen LogP contribution < -0.4 is 5.32 Å². The zero-order valence-corrected chi connectivity index (χ0v) is 23.5. The van der Waals surface area contributed by atoms with E-state index >= 15 is 0 Å². The average molecular weight is 628 g/mol. The molecule has 0 fully saturated rings. The molecule has 0 aliphatic heterocycles. The lowest BCUT2D eigenvalue weighted by molar-refractivity contribution is -0.432. The summed E-state index contributed by atoms with van der Waals surface area (Å²) in [6.45, 7) is 1.62. The maximum Gasteiger partial charge on any atom is 0.250 e. The van der Waals surface area contributed by atoms with Crippen LogP contribution in [0.4, 0.5) is 22.9 Å². The van der Waals surface area contributed by atoms with E-state index in [1.807, 2.05) is 0 Å². The van der Waals surface area contributed by atoms with Gasteiger partial charge in [-0.1, -0.05) is 33.8 Å². The largest absolute Gasteiger partial charge is 0.505 e.